The number of anilines is 1. The Bertz CT molecular complexity index is 1060. The summed E-state index contributed by atoms with van der Waals surface area (Å²) in [6, 6.07) is 15.0. The van der Waals surface area contributed by atoms with Crippen LogP contribution in [0, 0.1) is 0 Å². The van der Waals surface area contributed by atoms with E-state index in [0.717, 1.165) is 18.4 Å². The molecule has 1 atom stereocenters. The molecular formula is C25H26N2O4. The number of amides is 2. The van der Waals surface area contributed by atoms with Gasteiger partial charge in [0.05, 0.1) is 11.3 Å². The van der Waals surface area contributed by atoms with Crippen LogP contribution < -0.4 is 4.90 Å². The molecule has 2 aromatic rings. The molecule has 0 spiro atoms. The van der Waals surface area contributed by atoms with Gasteiger partial charge in [-0.25, -0.2) is 4.79 Å². The van der Waals surface area contributed by atoms with Crippen LogP contribution in [0.1, 0.15) is 66.9 Å². The van der Waals surface area contributed by atoms with Gasteiger partial charge in [-0.2, -0.15) is 0 Å². The van der Waals surface area contributed by atoms with E-state index in [1.165, 1.54) is 10.5 Å². The minimum absolute atomic E-state index is 0.0351. The van der Waals surface area contributed by atoms with Crippen LogP contribution in [0.4, 0.5) is 5.69 Å². The van der Waals surface area contributed by atoms with Crippen LogP contribution in [-0.2, 0) is 20.9 Å². The number of ether oxygens (including phenoxy) is 1. The van der Waals surface area contributed by atoms with Gasteiger partial charge in [-0.15, -0.1) is 0 Å². The fourth-order valence-electron chi connectivity index (χ4n) is 4.78. The summed E-state index contributed by atoms with van der Waals surface area (Å²) in [4.78, 5) is 43.1. The maximum absolute atomic E-state index is 13.6. The van der Waals surface area contributed by atoms with Crippen molar-refractivity contribution in [3.63, 3.8) is 0 Å². The first-order valence-corrected chi connectivity index (χ1v) is 11.0. The highest BCUT2D eigenvalue weighted by molar-refractivity contribution is 6.15. The number of hydrogen-bond acceptors (Lipinski definition) is 4. The second-order valence-corrected chi connectivity index (χ2v) is 8.94. The van der Waals surface area contributed by atoms with Crippen molar-refractivity contribution in [2.45, 2.75) is 63.8 Å². The third kappa shape index (κ3) is 3.04. The van der Waals surface area contributed by atoms with Gasteiger partial charge < -0.3 is 9.64 Å². The first-order chi connectivity index (χ1) is 14.9. The van der Waals surface area contributed by atoms with Crippen LogP contribution in [0.2, 0.25) is 0 Å². The number of benzene rings is 2. The van der Waals surface area contributed by atoms with E-state index in [9.17, 15) is 14.4 Å². The van der Waals surface area contributed by atoms with Gasteiger partial charge in [0.2, 0.25) is 11.6 Å². The van der Waals surface area contributed by atoms with Crippen LogP contribution >= 0.6 is 0 Å². The highest BCUT2D eigenvalue weighted by Crippen LogP contribution is 2.49. The highest BCUT2D eigenvalue weighted by Gasteiger charge is 2.64. The fraction of sp³-hybridized carbons (Fsp3) is 0.400. The zero-order valence-corrected chi connectivity index (χ0v) is 17.8. The maximum Gasteiger partial charge on any atom is 0.354 e. The third-order valence-corrected chi connectivity index (χ3v) is 6.55. The molecule has 2 amide bonds. The molecule has 1 saturated carbocycles. The Labute approximate surface area is 181 Å². The van der Waals surface area contributed by atoms with E-state index in [0.29, 0.717) is 17.2 Å². The molecule has 3 aliphatic rings. The molecular weight excluding hydrogens is 392 g/mol. The zero-order valence-electron chi connectivity index (χ0n) is 17.8. The SMILES string of the molecule is CC(C)c1ccc(COC(=O)[C@@]23CCC(=O)N2c2ccccc2C(=O)N3C2CC2)cc1. The molecule has 2 heterocycles. The molecule has 5 rings (SSSR count). The zero-order chi connectivity index (χ0) is 21.8. The fourth-order valence-corrected chi connectivity index (χ4v) is 4.78. The summed E-state index contributed by atoms with van der Waals surface area (Å²) >= 11 is 0. The summed E-state index contributed by atoms with van der Waals surface area (Å²) in [6.07, 6.45) is 2.14. The third-order valence-electron chi connectivity index (χ3n) is 6.55. The molecule has 6 heteroatoms. The number of rotatable bonds is 5. The van der Waals surface area contributed by atoms with Gasteiger partial charge in [0.15, 0.2) is 0 Å². The van der Waals surface area contributed by atoms with Crippen LogP contribution in [0.5, 0.6) is 0 Å². The van der Waals surface area contributed by atoms with Crippen molar-refractivity contribution >= 4 is 23.5 Å². The molecule has 0 bridgehead atoms. The van der Waals surface area contributed by atoms with Crippen molar-refractivity contribution in [2.24, 2.45) is 0 Å². The molecule has 1 aliphatic carbocycles. The lowest BCUT2D eigenvalue weighted by Gasteiger charge is -2.48. The van der Waals surface area contributed by atoms with Crippen LogP contribution in [0.3, 0.4) is 0 Å². The van der Waals surface area contributed by atoms with E-state index in [-0.39, 0.29) is 37.3 Å². The predicted molar refractivity (Wildman–Crippen MR) is 115 cm³/mol. The van der Waals surface area contributed by atoms with Crippen molar-refractivity contribution in [3.8, 4) is 0 Å². The van der Waals surface area contributed by atoms with Crippen molar-refractivity contribution in [3.05, 3.63) is 65.2 Å². The summed E-state index contributed by atoms with van der Waals surface area (Å²) in [7, 11) is 0. The van der Waals surface area contributed by atoms with E-state index in [1.54, 1.807) is 29.2 Å². The van der Waals surface area contributed by atoms with Crippen molar-refractivity contribution in [1.82, 2.24) is 4.90 Å². The summed E-state index contributed by atoms with van der Waals surface area (Å²) in [5.41, 5.74) is 1.69. The summed E-state index contributed by atoms with van der Waals surface area (Å²) in [6.45, 7) is 4.36. The van der Waals surface area contributed by atoms with Crippen molar-refractivity contribution in [2.75, 3.05) is 4.90 Å². The smallest absolute Gasteiger partial charge is 0.354 e. The second-order valence-electron chi connectivity index (χ2n) is 8.94. The molecule has 2 fully saturated rings. The van der Waals surface area contributed by atoms with Crippen LogP contribution in [0.25, 0.3) is 0 Å². The molecule has 160 valence electrons. The van der Waals surface area contributed by atoms with Gasteiger partial charge in [0, 0.05) is 18.9 Å². The van der Waals surface area contributed by atoms with E-state index in [4.69, 9.17) is 4.74 Å². The monoisotopic (exact) mass is 418 g/mol. The Morgan fingerprint density at radius 3 is 2.48 bits per heavy atom. The Morgan fingerprint density at radius 1 is 1.10 bits per heavy atom. The molecule has 2 aliphatic heterocycles. The predicted octanol–water partition coefficient (Wildman–Crippen LogP) is 3.99. The number of esters is 1. The minimum atomic E-state index is -1.39. The number of carbonyl (C=O) groups is 3. The van der Waals surface area contributed by atoms with Gasteiger partial charge in [-0.3, -0.25) is 14.5 Å². The average Bonchev–Trinajstić information content (AvgIpc) is 3.54. The average molecular weight is 418 g/mol. The summed E-state index contributed by atoms with van der Waals surface area (Å²) in [5, 5.41) is 0. The first-order valence-electron chi connectivity index (χ1n) is 11.0. The number of carbonyl (C=O) groups excluding carboxylic acids is 3. The molecule has 0 radical (unpaired) electrons. The van der Waals surface area contributed by atoms with Gasteiger partial charge in [0.1, 0.15) is 6.61 Å². The number of nitrogens with zero attached hydrogens (tertiary/aromatic N) is 2. The lowest BCUT2D eigenvalue weighted by Crippen LogP contribution is -2.69. The topological polar surface area (TPSA) is 66.9 Å². The lowest BCUT2D eigenvalue weighted by atomic mass is 9.96. The van der Waals surface area contributed by atoms with Crippen LogP contribution in [0.15, 0.2) is 48.5 Å². The van der Waals surface area contributed by atoms with Gasteiger partial charge >= 0.3 is 5.97 Å². The molecule has 0 unspecified atom stereocenters. The van der Waals surface area contributed by atoms with Crippen molar-refractivity contribution < 1.29 is 19.1 Å². The molecule has 1 saturated heterocycles. The molecule has 0 aromatic heterocycles. The quantitative estimate of drug-likeness (QED) is 0.689. The van der Waals surface area contributed by atoms with E-state index >= 15 is 0 Å². The van der Waals surface area contributed by atoms with Gasteiger partial charge in [-0.05, 0) is 42.0 Å². The summed E-state index contributed by atoms with van der Waals surface area (Å²) < 4.78 is 5.77. The molecule has 2 aromatic carbocycles. The Kier molecular flexibility index (Phi) is 4.61. The van der Waals surface area contributed by atoms with Crippen LogP contribution in [-0.4, -0.2) is 34.4 Å². The first kappa shape index (κ1) is 19.8. The van der Waals surface area contributed by atoms with Gasteiger partial charge in [-0.1, -0.05) is 50.2 Å². The van der Waals surface area contributed by atoms with E-state index < -0.39 is 11.6 Å². The van der Waals surface area contributed by atoms with Crippen molar-refractivity contribution in [1.29, 1.82) is 0 Å². The number of fused-ring (bicyclic) bond motifs is 3. The minimum Gasteiger partial charge on any atom is -0.458 e. The second kappa shape index (κ2) is 7.22. The normalized spacial score (nSPS) is 22.5. The molecule has 0 N–H and O–H groups in total. The van der Waals surface area contributed by atoms with E-state index in [1.807, 2.05) is 24.3 Å². The maximum atomic E-state index is 13.6. The number of para-hydroxylation sites is 1. The number of hydrogen-bond donors (Lipinski definition) is 0. The van der Waals surface area contributed by atoms with Gasteiger partial charge in [0.25, 0.3) is 5.91 Å². The largest absolute Gasteiger partial charge is 0.458 e. The standard InChI is InChI=1S/C25H26N2O4/c1-16(2)18-9-7-17(8-10-18)15-31-24(30)25-14-13-22(28)27(25)21-6-4-3-5-20(21)23(29)26(25)19-11-12-19/h3-10,16,19H,11-15H2,1-2H3/t25-/m1/s1. The molecule has 31 heavy (non-hydrogen) atoms. The highest BCUT2D eigenvalue weighted by atomic mass is 16.5. The van der Waals surface area contributed by atoms with E-state index in [2.05, 4.69) is 13.8 Å². The lowest BCUT2D eigenvalue weighted by molar-refractivity contribution is -0.159. The molecule has 6 nitrogen and oxygen atoms in total. The Hall–Kier alpha value is -3.15. The Balaban J connectivity index is 1.48. The Morgan fingerprint density at radius 2 is 1.81 bits per heavy atom. The summed E-state index contributed by atoms with van der Waals surface area (Å²) in [5.74, 6) is -0.443.